The fourth-order valence-electron chi connectivity index (χ4n) is 12.4. The first-order valence-electron chi connectivity index (χ1n) is 41.9. The molecule has 7 atom stereocenters. The summed E-state index contributed by atoms with van der Waals surface area (Å²) in [7, 11) is -9.92. The zero-order valence-corrected chi connectivity index (χ0v) is 67.5. The lowest BCUT2D eigenvalue weighted by Crippen LogP contribution is -2.30. The van der Waals surface area contributed by atoms with E-state index >= 15 is 0 Å². The SMILES string of the molecule is CCCCCCCCCCCCCCCCCCCCCCC(=O)O[C@H](COC(=O)CCCCCCCCCCCCCCCC(C)C)COP(=O)(O)OC[C@@H](O)COP(=O)(O)OC[C@@H](COC(=O)CCCCCCCCC(C)CC)OC(=O)CCCCCCCCCCCCC(C)CC. The van der Waals surface area contributed by atoms with Crippen LogP contribution in [0.4, 0.5) is 0 Å². The summed E-state index contributed by atoms with van der Waals surface area (Å²) in [6, 6.07) is 0. The number of aliphatic hydroxyl groups excluding tert-OH is 1. The molecule has 0 bridgehead atoms. The number of phosphoric ester groups is 2. The van der Waals surface area contributed by atoms with E-state index in [0.717, 1.165) is 114 Å². The molecule has 0 amide bonds. The van der Waals surface area contributed by atoms with Crippen LogP contribution in [0.15, 0.2) is 0 Å². The zero-order valence-electron chi connectivity index (χ0n) is 65.7. The van der Waals surface area contributed by atoms with Gasteiger partial charge in [0.1, 0.15) is 19.3 Å². The molecule has 0 aromatic rings. The molecule has 0 saturated heterocycles. The number of phosphoric acid groups is 2. The van der Waals surface area contributed by atoms with Gasteiger partial charge >= 0.3 is 39.5 Å². The third kappa shape index (κ3) is 71.7. The van der Waals surface area contributed by atoms with Crippen LogP contribution in [0.1, 0.15) is 421 Å². The molecule has 0 saturated carbocycles. The normalized spacial score (nSPS) is 14.5. The molecule has 3 N–H and O–H groups in total. The summed E-state index contributed by atoms with van der Waals surface area (Å²) in [5, 5.41) is 10.6. The molecule has 0 aliphatic rings. The Kier molecular flexibility index (Phi) is 69.9. The number of carbonyl (C=O) groups excluding carboxylic acids is 4. The first-order valence-corrected chi connectivity index (χ1v) is 44.9. The quantitative estimate of drug-likeness (QED) is 0.0222. The largest absolute Gasteiger partial charge is 0.472 e. The van der Waals surface area contributed by atoms with Crippen LogP contribution in [0, 0.1) is 17.8 Å². The van der Waals surface area contributed by atoms with Crippen molar-refractivity contribution >= 4 is 39.5 Å². The van der Waals surface area contributed by atoms with Gasteiger partial charge in [-0.25, -0.2) is 9.13 Å². The Labute approximate surface area is 613 Å². The van der Waals surface area contributed by atoms with Gasteiger partial charge in [-0.05, 0) is 43.4 Å². The van der Waals surface area contributed by atoms with Crippen LogP contribution in [0.3, 0.4) is 0 Å². The second kappa shape index (κ2) is 71.3. The maximum atomic E-state index is 13.1. The predicted molar refractivity (Wildman–Crippen MR) is 409 cm³/mol. The molecule has 19 heteroatoms. The van der Waals surface area contributed by atoms with Crippen molar-refractivity contribution in [2.75, 3.05) is 39.6 Å². The summed E-state index contributed by atoms with van der Waals surface area (Å²) in [5.41, 5.74) is 0. The van der Waals surface area contributed by atoms with Crippen molar-refractivity contribution in [1.29, 1.82) is 0 Å². The molecule has 0 aromatic carbocycles. The molecule has 17 nitrogen and oxygen atoms in total. The van der Waals surface area contributed by atoms with E-state index in [4.69, 9.17) is 37.0 Å². The smallest absolute Gasteiger partial charge is 0.462 e. The van der Waals surface area contributed by atoms with E-state index in [1.165, 1.54) is 225 Å². The summed E-state index contributed by atoms with van der Waals surface area (Å²) in [6.45, 7) is 11.9. The molecule has 0 aliphatic carbocycles. The third-order valence-corrected chi connectivity index (χ3v) is 21.5. The molecule has 0 aliphatic heterocycles. The summed E-state index contributed by atoms with van der Waals surface area (Å²) in [6.07, 6.45) is 59.7. The molecule has 100 heavy (non-hydrogen) atoms. The van der Waals surface area contributed by atoms with Crippen molar-refractivity contribution in [1.82, 2.24) is 0 Å². The van der Waals surface area contributed by atoms with E-state index in [9.17, 15) is 43.2 Å². The van der Waals surface area contributed by atoms with Gasteiger partial charge in [0.05, 0.1) is 26.4 Å². The highest BCUT2D eigenvalue weighted by molar-refractivity contribution is 7.47. The van der Waals surface area contributed by atoms with E-state index < -0.39 is 97.5 Å². The standard InChI is InChI=1S/C81H158O17P2/c1-8-11-12-13-14-15-16-17-18-19-20-21-22-23-26-30-36-41-50-57-64-80(85)97-76(68-91-78(83)62-55-48-40-35-29-27-24-25-28-33-38-45-52-59-72(4)5)70-95-99(87,88)93-66-75(82)67-94-100(89,90)96-71-77(69-92-79(84)63-56-49-44-43-47-54-61-74(7)10-3)98-81(86)65-58-51-42-37-32-31-34-39-46-53-60-73(6)9-2/h72-77,82H,8-71H2,1-7H3,(H,87,88)(H,89,90)/t73?,74?,75-,76-,77-/m1/s1. The second-order valence-electron chi connectivity index (χ2n) is 30.1. The van der Waals surface area contributed by atoms with Gasteiger partial charge < -0.3 is 33.8 Å². The van der Waals surface area contributed by atoms with E-state index in [1.54, 1.807) is 0 Å². The van der Waals surface area contributed by atoms with Crippen LogP contribution in [-0.2, 0) is 65.4 Å². The van der Waals surface area contributed by atoms with Crippen LogP contribution in [0.25, 0.3) is 0 Å². The van der Waals surface area contributed by atoms with Crippen molar-refractivity contribution < 1.29 is 80.2 Å². The van der Waals surface area contributed by atoms with Crippen LogP contribution in [0.5, 0.6) is 0 Å². The summed E-state index contributed by atoms with van der Waals surface area (Å²) in [5.74, 6) is 0.212. The van der Waals surface area contributed by atoms with Gasteiger partial charge in [-0.1, -0.05) is 370 Å². The van der Waals surface area contributed by atoms with Crippen molar-refractivity contribution in [3.63, 3.8) is 0 Å². The van der Waals surface area contributed by atoms with Crippen molar-refractivity contribution in [2.24, 2.45) is 17.8 Å². The van der Waals surface area contributed by atoms with Gasteiger partial charge in [0.25, 0.3) is 0 Å². The van der Waals surface area contributed by atoms with E-state index in [1.807, 2.05) is 0 Å². The third-order valence-electron chi connectivity index (χ3n) is 19.6. The van der Waals surface area contributed by atoms with E-state index in [-0.39, 0.29) is 25.7 Å². The number of carbonyl (C=O) groups is 4. The minimum absolute atomic E-state index is 0.105. The Morgan fingerprint density at radius 3 is 0.760 bits per heavy atom. The zero-order chi connectivity index (χ0) is 73.7. The highest BCUT2D eigenvalue weighted by Crippen LogP contribution is 2.45. The number of unbranched alkanes of at least 4 members (excludes halogenated alkanes) is 45. The maximum Gasteiger partial charge on any atom is 0.472 e. The molecule has 0 rings (SSSR count). The lowest BCUT2D eigenvalue weighted by atomic mass is 9.99. The van der Waals surface area contributed by atoms with Crippen LogP contribution in [-0.4, -0.2) is 96.7 Å². The number of hydrogen-bond donors (Lipinski definition) is 3. The van der Waals surface area contributed by atoms with E-state index in [0.29, 0.717) is 25.7 Å². The molecular weight excluding hydrogens is 1310 g/mol. The average Bonchev–Trinajstić information content (AvgIpc) is 0.934. The number of aliphatic hydroxyl groups is 1. The first-order chi connectivity index (χ1) is 48.3. The lowest BCUT2D eigenvalue weighted by molar-refractivity contribution is -0.161. The highest BCUT2D eigenvalue weighted by atomic mass is 31.2. The topological polar surface area (TPSA) is 237 Å². The van der Waals surface area contributed by atoms with Crippen molar-refractivity contribution in [2.45, 2.75) is 439 Å². The van der Waals surface area contributed by atoms with E-state index in [2.05, 4.69) is 48.5 Å². The molecule has 594 valence electrons. The Bertz CT molecular complexity index is 1940. The van der Waals surface area contributed by atoms with Gasteiger partial charge in [-0.15, -0.1) is 0 Å². The Morgan fingerprint density at radius 1 is 0.290 bits per heavy atom. The molecule has 4 unspecified atom stereocenters. The molecule has 0 fully saturated rings. The lowest BCUT2D eigenvalue weighted by Gasteiger charge is -2.21. The number of ether oxygens (including phenoxy) is 4. The maximum absolute atomic E-state index is 13.1. The monoisotopic (exact) mass is 1470 g/mol. The Balaban J connectivity index is 5.24. The van der Waals surface area contributed by atoms with Gasteiger partial charge in [-0.2, -0.15) is 0 Å². The Morgan fingerprint density at radius 2 is 0.510 bits per heavy atom. The van der Waals surface area contributed by atoms with Gasteiger partial charge in [0.2, 0.25) is 0 Å². The number of hydrogen-bond acceptors (Lipinski definition) is 15. The summed E-state index contributed by atoms with van der Waals surface area (Å²) in [4.78, 5) is 73.0. The Hall–Kier alpha value is -1.94. The predicted octanol–water partition coefficient (Wildman–Crippen LogP) is 24.1. The highest BCUT2D eigenvalue weighted by Gasteiger charge is 2.30. The fourth-order valence-corrected chi connectivity index (χ4v) is 14.0. The van der Waals surface area contributed by atoms with Crippen molar-refractivity contribution in [3.8, 4) is 0 Å². The summed E-state index contributed by atoms with van der Waals surface area (Å²) < 4.78 is 68.7. The first kappa shape index (κ1) is 98.1. The number of rotatable bonds is 79. The van der Waals surface area contributed by atoms with Gasteiger partial charge in [-0.3, -0.25) is 37.3 Å². The summed E-state index contributed by atoms with van der Waals surface area (Å²) >= 11 is 0. The molecular formula is C81H158O17P2. The van der Waals surface area contributed by atoms with Crippen LogP contribution < -0.4 is 0 Å². The second-order valence-corrected chi connectivity index (χ2v) is 33.0. The molecule has 0 radical (unpaired) electrons. The average molecular weight is 1470 g/mol. The molecule has 0 aromatic heterocycles. The fraction of sp³-hybridized carbons (Fsp3) is 0.951. The van der Waals surface area contributed by atoms with Crippen LogP contribution in [0.2, 0.25) is 0 Å². The van der Waals surface area contributed by atoms with Gasteiger partial charge in [0, 0.05) is 25.7 Å². The number of esters is 4. The van der Waals surface area contributed by atoms with Crippen LogP contribution >= 0.6 is 15.6 Å². The van der Waals surface area contributed by atoms with Crippen molar-refractivity contribution in [3.05, 3.63) is 0 Å². The minimum Gasteiger partial charge on any atom is -0.462 e. The van der Waals surface area contributed by atoms with Gasteiger partial charge in [0.15, 0.2) is 12.2 Å². The molecule has 0 heterocycles. The molecule has 0 spiro atoms. The minimum atomic E-state index is -4.96.